The molecule has 1 N–H and O–H groups in total. The van der Waals surface area contributed by atoms with Gasteiger partial charge in [-0.05, 0) is 12.0 Å². The summed E-state index contributed by atoms with van der Waals surface area (Å²) in [5, 5.41) is 8.98. The van der Waals surface area contributed by atoms with Crippen molar-refractivity contribution in [3.8, 4) is 0 Å². The van der Waals surface area contributed by atoms with Gasteiger partial charge in [-0.15, -0.1) is 0 Å². The van der Waals surface area contributed by atoms with Gasteiger partial charge in [0, 0.05) is 19.5 Å². The Hall–Kier alpha value is -1.88. The quantitative estimate of drug-likeness (QED) is 0.721. The van der Waals surface area contributed by atoms with Gasteiger partial charge < -0.3 is 14.7 Å². The van der Waals surface area contributed by atoms with E-state index in [0.29, 0.717) is 12.8 Å². The summed E-state index contributed by atoms with van der Waals surface area (Å²) >= 11 is 0. The summed E-state index contributed by atoms with van der Waals surface area (Å²) in [6, 6.07) is 9.74. The standard InChI is InChI=1S/C15H21NO4/c1-20-15(19)9-10-16(11-12-17)14(18)8-7-13-5-3-2-4-6-13/h2-6,17H,7-12H2,1H3. The maximum atomic E-state index is 12.1. The average Bonchev–Trinajstić information content (AvgIpc) is 2.49. The van der Waals surface area contributed by atoms with Gasteiger partial charge >= 0.3 is 5.97 Å². The Labute approximate surface area is 119 Å². The summed E-state index contributed by atoms with van der Waals surface area (Å²) in [4.78, 5) is 24.7. The number of nitrogens with zero attached hydrogens (tertiary/aromatic N) is 1. The van der Waals surface area contributed by atoms with Crippen molar-refractivity contribution in [3.63, 3.8) is 0 Å². The van der Waals surface area contributed by atoms with Gasteiger partial charge in [0.15, 0.2) is 0 Å². The van der Waals surface area contributed by atoms with Crippen LogP contribution >= 0.6 is 0 Å². The number of rotatable bonds is 8. The highest BCUT2D eigenvalue weighted by atomic mass is 16.5. The number of carbonyl (C=O) groups excluding carboxylic acids is 2. The summed E-state index contributed by atoms with van der Waals surface area (Å²) in [5.74, 6) is -0.421. The number of aliphatic hydroxyl groups is 1. The lowest BCUT2D eigenvalue weighted by Crippen LogP contribution is -2.35. The van der Waals surface area contributed by atoms with Crippen molar-refractivity contribution in [2.45, 2.75) is 19.3 Å². The number of methoxy groups -OCH3 is 1. The molecule has 5 nitrogen and oxygen atoms in total. The smallest absolute Gasteiger partial charge is 0.307 e. The largest absolute Gasteiger partial charge is 0.469 e. The Balaban J connectivity index is 2.44. The first-order valence-electron chi connectivity index (χ1n) is 6.66. The van der Waals surface area contributed by atoms with E-state index in [0.717, 1.165) is 5.56 Å². The van der Waals surface area contributed by atoms with Crippen LogP contribution in [0.4, 0.5) is 0 Å². The van der Waals surface area contributed by atoms with E-state index in [1.165, 1.54) is 12.0 Å². The second kappa shape index (κ2) is 9.09. The number of amides is 1. The van der Waals surface area contributed by atoms with E-state index in [2.05, 4.69) is 4.74 Å². The van der Waals surface area contributed by atoms with Gasteiger partial charge in [-0.3, -0.25) is 9.59 Å². The zero-order valence-corrected chi connectivity index (χ0v) is 11.7. The zero-order chi connectivity index (χ0) is 14.8. The van der Waals surface area contributed by atoms with Crippen molar-refractivity contribution in [1.82, 2.24) is 4.90 Å². The molecule has 5 heteroatoms. The second-order valence-corrected chi connectivity index (χ2v) is 4.42. The summed E-state index contributed by atoms with van der Waals surface area (Å²) in [7, 11) is 1.32. The maximum absolute atomic E-state index is 12.1. The number of ether oxygens (including phenoxy) is 1. The minimum atomic E-state index is -0.358. The molecule has 0 radical (unpaired) electrons. The molecule has 0 unspecified atom stereocenters. The zero-order valence-electron chi connectivity index (χ0n) is 11.7. The number of hydrogen-bond donors (Lipinski definition) is 1. The molecular weight excluding hydrogens is 258 g/mol. The van der Waals surface area contributed by atoms with Crippen LogP contribution in [0.2, 0.25) is 0 Å². The Bertz CT molecular complexity index is 419. The molecule has 110 valence electrons. The topological polar surface area (TPSA) is 66.8 Å². The van der Waals surface area contributed by atoms with E-state index in [4.69, 9.17) is 5.11 Å². The van der Waals surface area contributed by atoms with E-state index in [9.17, 15) is 9.59 Å². The normalized spacial score (nSPS) is 10.1. The van der Waals surface area contributed by atoms with Crippen molar-refractivity contribution < 1.29 is 19.4 Å². The first-order chi connectivity index (χ1) is 9.67. The first kappa shape index (κ1) is 16.2. The predicted octanol–water partition coefficient (Wildman–Crippen LogP) is 1.00. The molecule has 0 fully saturated rings. The van der Waals surface area contributed by atoms with E-state index in [-0.39, 0.29) is 38.0 Å². The molecule has 0 spiro atoms. The van der Waals surface area contributed by atoms with Crippen molar-refractivity contribution in [1.29, 1.82) is 0 Å². The van der Waals surface area contributed by atoms with E-state index in [1.54, 1.807) is 0 Å². The van der Waals surface area contributed by atoms with Crippen LogP contribution in [0, 0.1) is 0 Å². The summed E-state index contributed by atoms with van der Waals surface area (Å²) in [5.41, 5.74) is 1.10. The predicted molar refractivity (Wildman–Crippen MR) is 75.1 cm³/mol. The van der Waals surface area contributed by atoms with Crippen molar-refractivity contribution in [2.75, 3.05) is 26.8 Å². The van der Waals surface area contributed by atoms with Gasteiger partial charge in [-0.25, -0.2) is 0 Å². The monoisotopic (exact) mass is 279 g/mol. The number of carbonyl (C=O) groups is 2. The molecule has 0 aliphatic carbocycles. The molecule has 0 saturated heterocycles. The van der Waals surface area contributed by atoms with Crippen molar-refractivity contribution in [2.24, 2.45) is 0 Å². The maximum Gasteiger partial charge on any atom is 0.307 e. The molecule has 1 aromatic carbocycles. The summed E-state index contributed by atoms with van der Waals surface area (Å²) in [6.07, 6.45) is 1.17. The Kier molecular flexibility index (Phi) is 7.35. The van der Waals surface area contributed by atoms with Gasteiger partial charge in [0.05, 0.1) is 20.1 Å². The minimum absolute atomic E-state index is 0.0631. The molecule has 1 aromatic rings. The lowest BCUT2D eigenvalue weighted by atomic mass is 10.1. The molecule has 0 heterocycles. The van der Waals surface area contributed by atoms with Crippen LogP contribution in [-0.4, -0.2) is 48.7 Å². The van der Waals surface area contributed by atoms with Crippen molar-refractivity contribution >= 4 is 11.9 Å². The summed E-state index contributed by atoms with van der Waals surface area (Å²) < 4.78 is 4.55. The van der Waals surface area contributed by atoms with Crippen LogP contribution in [-0.2, 0) is 20.7 Å². The SMILES string of the molecule is COC(=O)CCN(CCO)C(=O)CCc1ccccc1. The average molecular weight is 279 g/mol. The fraction of sp³-hybridized carbons (Fsp3) is 0.467. The number of aliphatic hydroxyl groups excluding tert-OH is 1. The van der Waals surface area contributed by atoms with Crippen LogP contribution < -0.4 is 0 Å². The van der Waals surface area contributed by atoms with Crippen LogP contribution in [0.3, 0.4) is 0 Å². The van der Waals surface area contributed by atoms with Gasteiger partial charge in [0.25, 0.3) is 0 Å². The Morgan fingerprint density at radius 3 is 2.45 bits per heavy atom. The highest BCUT2D eigenvalue weighted by molar-refractivity contribution is 5.77. The molecule has 0 saturated carbocycles. The molecule has 0 atom stereocenters. The molecule has 0 aliphatic rings. The highest BCUT2D eigenvalue weighted by Crippen LogP contribution is 2.05. The lowest BCUT2D eigenvalue weighted by Gasteiger charge is -2.21. The molecule has 20 heavy (non-hydrogen) atoms. The van der Waals surface area contributed by atoms with Crippen LogP contribution in [0.25, 0.3) is 0 Å². The van der Waals surface area contributed by atoms with E-state index >= 15 is 0 Å². The third-order valence-electron chi connectivity index (χ3n) is 3.01. The third-order valence-corrected chi connectivity index (χ3v) is 3.01. The molecule has 0 aromatic heterocycles. The van der Waals surface area contributed by atoms with Gasteiger partial charge in [-0.2, -0.15) is 0 Å². The summed E-state index contributed by atoms with van der Waals surface area (Å²) in [6.45, 7) is 0.406. The highest BCUT2D eigenvalue weighted by Gasteiger charge is 2.14. The fourth-order valence-electron chi connectivity index (χ4n) is 1.86. The Morgan fingerprint density at radius 1 is 1.15 bits per heavy atom. The molecule has 0 aliphatic heterocycles. The molecule has 1 amide bonds. The molecular formula is C15H21NO4. The van der Waals surface area contributed by atoms with Crippen LogP contribution in [0.1, 0.15) is 18.4 Å². The van der Waals surface area contributed by atoms with Gasteiger partial charge in [-0.1, -0.05) is 30.3 Å². The van der Waals surface area contributed by atoms with Crippen LogP contribution in [0.5, 0.6) is 0 Å². The number of aryl methyl sites for hydroxylation is 1. The number of benzene rings is 1. The minimum Gasteiger partial charge on any atom is -0.469 e. The molecule has 0 bridgehead atoms. The number of hydrogen-bond acceptors (Lipinski definition) is 4. The lowest BCUT2D eigenvalue weighted by molar-refractivity contribution is -0.141. The van der Waals surface area contributed by atoms with E-state index in [1.807, 2.05) is 30.3 Å². The number of esters is 1. The fourth-order valence-corrected chi connectivity index (χ4v) is 1.86. The van der Waals surface area contributed by atoms with Crippen LogP contribution in [0.15, 0.2) is 30.3 Å². The Morgan fingerprint density at radius 2 is 1.85 bits per heavy atom. The van der Waals surface area contributed by atoms with Gasteiger partial charge in [0.1, 0.15) is 0 Å². The first-order valence-corrected chi connectivity index (χ1v) is 6.66. The van der Waals surface area contributed by atoms with E-state index < -0.39 is 0 Å². The second-order valence-electron chi connectivity index (χ2n) is 4.42. The van der Waals surface area contributed by atoms with Crippen molar-refractivity contribution in [3.05, 3.63) is 35.9 Å². The molecule has 1 rings (SSSR count). The third kappa shape index (κ3) is 5.84. The van der Waals surface area contributed by atoms with Gasteiger partial charge in [0.2, 0.25) is 5.91 Å².